The lowest BCUT2D eigenvalue weighted by atomic mass is 10.2. The van der Waals surface area contributed by atoms with Gasteiger partial charge in [-0.05, 0) is 24.6 Å². The molecule has 0 aliphatic heterocycles. The minimum atomic E-state index is -0.601. The Balaban J connectivity index is 1.98. The van der Waals surface area contributed by atoms with E-state index in [0.29, 0.717) is 23.2 Å². The summed E-state index contributed by atoms with van der Waals surface area (Å²) in [6.07, 6.45) is 2.61. The number of hydrogen-bond acceptors (Lipinski definition) is 7. The van der Waals surface area contributed by atoms with E-state index in [1.807, 2.05) is 12.1 Å². The number of carbonyl (C=O) groups excluding carboxylic acids is 1. The minimum Gasteiger partial charge on any atom is -0.486 e. The Labute approximate surface area is 171 Å². The average Bonchev–Trinajstić information content (AvgIpc) is 3.20. The van der Waals surface area contributed by atoms with Gasteiger partial charge in [-0.25, -0.2) is 4.98 Å². The highest BCUT2D eigenvalue weighted by atomic mass is 35.5. The summed E-state index contributed by atoms with van der Waals surface area (Å²) < 4.78 is 11.5. The highest BCUT2D eigenvalue weighted by Gasteiger charge is 2.24. The van der Waals surface area contributed by atoms with Gasteiger partial charge in [0, 0.05) is 25.7 Å². The summed E-state index contributed by atoms with van der Waals surface area (Å²) in [7, 11) is 3.35. The van der Waals surface area contributed by atoms with Gasteiger partial charge in [0.1, 0.15) is 12.0 Å². The van der Waals surface area contributed by atoms with Gasteiger partial charge in [0.25, 0.3) is 11.5 Å². The fourth-order valence-corrected chi connectivity index (χ4v) is 2.86. The normalized spacial score (nSPS) is 10.6. The third kappa shape index (κ3) is 4.57. The monoisotopic (exact) mass is 417 g/mol. The van der Waals surface area contributed by atoms with Crippen LogP contribution in [0.25, 0.3) is 0 Å². The second kappa shape index (κ2) is 8.78. The fraction of sp³-hybridized carbons (Fsp3) is 0.263. The summed E-state index contributed by atoms with van der Waals surface area (Å²) in [6.45, 7) is 2.39. The lowest BCUT2D eigenvalue weighted by molar-refractivity contribution is 0.101. The zero-order valence-corrected chi connectivity index (χ0v) is 16.9. The molecule has 0 bridgehead atoms. The van der Waals surface area contributed by atoms with Crippen LogP contribution in [0.5, 0.6) is 5.75 Å². The molecule has 0 aliphatic rings. The molecule has 9 nitrogen and oxygen atoms in total. The van der Waals surface area contributed by atoms with Crippen LogP contribution in [0, 0.1) is 0 Å². The quantitative estimate of drug-likeness (QED) is 0.630. The largest absolute Gasteiger partial charge is 0.486 e. The number of ether oxygens (including phenoxy) is 1. The van der Waals surface area contributed by atoms with E-state index in [2.05, 4.69) is 15.5 Å². The first-order chi connectivity index (χ1) is 13.9. The summed E-state index contributed by atoms with van der Waals surface area (Å²) in [4.78, 5) is 31.8. The van der Waals surface area contributed by atoms with Crippen molar-refractivity contribution in [3.63, 3.8) is 0 Å². The molecule has 3 rings (SSSR count). The molecule has 2 aromatic heterocycles. The molecule has 1 amide bonds. The first kappa shape index (κ1) is 20.4. The predicted molar refractivity (Wildman–Crippen MR) is 109 cm³/mol. The van der Waals surface area contributed by atoms with Crippen molar-refractivity contribution in [1.29, 1.82) is 0 Å². The summed E-state index contributed by atoms with van der Waals surface area (Å²) in [5.41, 5.74) is 0.732. The number of nitrogens with zero attached hydrogens (tertiary/aromatic N) is 4. The van der Waals surface area contributed by atoms with Crippen molar-refractivity contribution in [1.82, 2.24) is 14.7 Å². The van der Waals surface area contributed by atoms with E-state index in [-0.39, 0.29) is 18.1 Å². The van der Waals surface area contributed by atoms with Gasteiger partial charge in [0.2, 0.25) is 11.7 Å². The SMILES string of the molecule is CCOc1c(C(=O)Nc2cnoc2)nc(N(C)Cc2ccc(Cl)cc2)n(C)c1=O. The van der Waals surface area contributed by atoms with Gasteiger partial charge < -0.3 is 19.5 Å². The van der Waals surface area contributed by atoms with E-state index in [9.17, 15) is 9.59 Å². The van der Waals surface area contributed by atoms with Crippen LogP contribution in [0.3, 0.4) is 0 Å². The Hall–Kier alpha value is -3.33. The highest BCUT2D eigenvalue weighted by Crippen LogP contribution is 2.20. The number of nitrogens with one attached hydrogen (secondary N) is 1. The van der Waals surface area contributed by atoms with Crippen LogP contribution >= 0.6 is 11.6 Å². The second-order valence-corrected chi connectivity index (χ2v) is 6.67. The molecule has 10 heteroatoms. The second-order valence-electron chi connectivity index (χ2n) is 6.24. The minimum absolute atomic E-state index is 0.117. The predicted octanol–water partition coefficient (Wildman–Crippen LogP) is 2.71. The van der Waals surface area contributed by atoms with Gasteiger partial charge >= 0.3 is 0 Å². The Morgan fingerprint density at radius 3 is 2.69 bits per heavy atom. The highest BCUT2D eigenvalue weighted by molar-refractivity contribution is 6.30. The maximum Gasteiger partial charge on any atom is 0.297 e. The van der Waals surface area contributed by atoms with E-state index in [0.717, 1.165) is 5.56 Å². The van der Waals surface area contributed by atoms with Gasteiger partial charge in [0.05, 0.1) is 12.8 Å². The standard InChI is InChI=1S/C19H20ClN5O4/c1-4-28-16-15(17(26)22-14-9-21-29-11-14)23-19(25(3)18(16)27)24(2)10-12-5-7-13(20)8-6-12/h5-9,11H,4,10H2,1-3H3,(H,22,26). The lowest BCUT2D eigenvalue weighted by Crippen LogP contribution is -2.32. The van der Waals surface area contributed by atoms with Crippen LogP contribution in [-0.4, -0.2) is 34.3 Å². The van der Waals surface area contributed by atoms with Gasteiger partial charge in [0.15, 0.2) is 5.69 Å². The van der Waals surface area contributed by atoms with Crippen molar-refractivity contribution in [3.05, 3.63) is 63.4 Å². The zero-order chi connectivity index (χ0) is 21.0. The molecule has 3 aromatic rings. The van der Waals surface area contributed by atoms with Crippen LogP contribution in [0.15, 0.2) is 46.0 Å². The van der Waals surface area contributed by atoms with E-state index < -0.39 is 11.5 Å². The molecule has 0 aliphatic carbocycles. The molecule has 0 radical (unpaired) electrons. The zero-order valence-electron chi connectivity index (χ0n) is 16.2. The molecule has 0 saturated carbocycles. The molecular weight excluding hydrogens is 398 g/mol. The molecule has 0 atom stereocenters. The first-order valence-electron chi connectivity index (χ1n) is 8.80. The van der Waals surface area contributed by atoms with Gasteiger partial charge in [-0.2, -0.15) is 0 Å². The van der Waals surface area contributed by atoms with E-state index in [1.54, 1.807) is 38.1 Å². The molecule has 0 fully saturated rings. The van der Waals surface area contributed by atoms with Crippen LogP contribution in [0.4, 0.5) is 11.6 Å². The van der Waals surface area contributed by atoms with Crippen LogP contribution in [-0.2, 0) is 13.6 Å². The van der Waals surface area contributed by atoms with E-state index in [1.165, 1.54) is 17.0 Å². The maximum absolute atomic E-state index is 12.9. The van der Waals surface area contributed by atoms with Crippen molar-refractivity contribution in [2.75, 3.05) is 23.9 Å². The molecule has 1 aromatic carbocycles. The summed E-state index contributed by atoms with van der Waals surface area (Å²) in [5, 5.41) is 6.75. The third-order valence-electron chi connectivity index (χ3n) is 4.09. The van der Waals surface area contributed by atoms with E-state index in [4.69, 9.17) is 20.9 Å². The van der Waals surface area contributed by atoms with E-state index >= 15 is 0 Å². The van der Waals surface area contributed by atoms with Crippen molar-refractivity contribution in [2.24, 2.45) is 7.05 Å². The third-order valence-corrected chi connectivity index (χ3v) is 4.35. The number of aromatic nitrogens is 3. The Kier molecular flexibility index (Phi) is 6.18. The molecule has 152 valence electrons. The summed E-state index contributed by atoms with van der Waals surface area (Å²) >= 11 is 5.93. The van der Waals surface area contributed by atoms with Crippen LogP contribution in [0.1, 0.15) is 23.0 Å². The molecule has 1 N–H and O–H groups in total. The number of carbonyl (C=O) groups is 1. The maximum atomic E-state index is 12.9. The molecule has 0 spiro atoms. The fourth-order valence-electron chi connectivity index (χ4n) is 2.73. The number of anilines is 2. The number of benzene rings is 1. The van der Waals surface area contributed by atoms with Crippen LogP contribution < -0.4 is 20.5 Å². The molecular formula is C19H20ClN5O4. The molecule has 29 heavy (non-hydrogen) atoms. The van der Waals surface area contributed by atoms with Crippen molar-refractivity contribution in [2.45, 2.75) is 13.5 Å². The van der Waals surface area contributed by atoms with Crippen molar-refractivity contribution < 1.29 is 14.1 Å². The number of halogens is 1. The van der Waals surface area contributed by atoms with Gasteiger partial charge in [-0.3, -0.25) is 14.2 Å². The van der Waals surface area contributed by atoms with Crippen molar-refractivity contribution in [3.8, 4) is 5.75 Å². The lowest BCUT2D eigenvalue weighted by Gasteiger charge is -2.22. The number of hydrogen-bond donors (Lipinski definition) is 1. The summed E-state index contributed by atoms with van der Waals surface area (Å²) in [6, 6.07) is 7.33. The number of rotatable bonds is 7. The van der Waals surface area contributed by atoms with Gasteiger partial charge in [-0.15, -0.1) is 0 Å². The smallest absolute Gasteiger partial charge is 0.297 e. The Morgan fingerprint density at radius 1 is 1.34 bits per heavy atom. The Bertz CT molecular complexity index is 1050. The summed E-state index contributed by atoms with van der Waals surface area (Å²) in [5.74, 6) is -0.410. The number of amides is 1. The average molecular weight is 418 g/mol. The van der Waals surface area contributed by atoms with Gasteiger partial charge in [-0.1, -0.05) is 28.9 Å². The molecule has 0 unspecified atom stereocenters. The van der Waals surface area contributed by atoms with Crippen LogP contribution in [0.2, 0.25) is 5.02 Å². The molecule has 2 heterocycles. The Morgan fingerprint density at radius 2 is 2.07 bits per heavy atom. The first-order valence-corrected chi connectivity index (χ1v) is 9.18. The molecule has 0 saturated heterocycles. The van der Waals surface area contributed by atoms with Crippen molar-refractivity contribution >= 4 is 29.1 Å². The topological polar surface area (TPSA) is 102 Å².